The van der Waals surface area contributed by atoms with Crippen LogP contribution in [0.2, 0.25) is 0 Å². The van der Waals surface area contributed by atoms with Crippen molar-refractivity contribution >= 4 is 11.5 Å². The zero-order valence-corrected chi connectivity index (χ0v) is 12.6. The lowest BCUT2D eigenvalue weighted by Gasteiger charge is -2.25. The molecule has 1 unspecified atom stereocenters. The Labute approximate surface area is 121 Å². The fraction of sp³-hybridized carbons (Fsp3) is 0.667. The van der Waals surface area contributed by atoms with Gasteiger partial charge < -0.3 is 20.1 Å². The molecule has 1 saturated heterocycles. The van der Waals surface area contributed by atoms with Crippen LogP contribution in [-0.4, -0.2) is 36.9 Å². The Hall–Kier alpha value is -1.49. The summed E-state index contributed by atoms with van der Waals surface area (Å²) in [6.07, 6.45) is 2.65. The van der Waals surface area contributed by atoms with Crippen molar-refractivity contribution in [3.63, 3.8) is 0 Å². The number of rotatable bonds is 6. The van der Waals surface area contributed by atoms with Gasteiger partial charge in [0.2, 0.25) is 5.88 Å². The van der Waals surface area contributed by atoms with E-state index in [1.807, 2.05) is 26.0 Å². The number of hydrogen-bond donors (Lipinski definition) is 1. The summed E-state index contributed by atoms with van der Waals surface area (Å²) in [6, 6.07) is 3.80. The Morgan fingerprint density at radius 2 is 2.30 bits per heavy atom. The van der Waals surface area contributed by atoms with Gasteiger partial charge in [0, 0.05) is 19.7 Å². The second-order valence-electron chi connectivity index (χ2n) is 5.40. The molecule has 0 radical (unpaired) electrons. The van der Waals surface area contributed by atoms with E-state index in [4.69, 9.17) is 15.2 Å². The molecule has 1 aromatic rings. The Balaban J connectivity index is 2.11. The second kappa shape index (κ2) is 6.79. The maximum absolute atomic E-state index is 5.91. The normalized spacial score (nSPS) is 18.5. The molecule has 1 aliphatic heterocycles. The van der Waals surface area contributed by atoms with E-state index < -0.39 is 0 Å². The lowest BCUT2D eigenvalue weighted by molar-refractivity contribution is 0.115. The zero-order valence-electron chi connectivity index (χ0n) is 12.6. The number of hydrogen-bond acceptors (Lipinski definition) is 5. The molecule has 0 saturated carbocycles. The van der Waals surface area contributed by atoms with Gasteiger partial charge in [-0.1, -0.05) is 0 Å². The number of anilines is 2. The van der Waals surface area contributed by atoms with E-state index in [-0.39, 0.29) is 6.10 Å². The fourth-order valence-corrected chi connectivity index (χ4v) is 2.35. The molecule has 1 fully saturated rings. The zero-order chi connectivity index (χ0) is 14.5. The van der Waals surface area contributed by atoms with Gasteiger partial charge in [-0.2, -0.15) is 4.98 Å². The van der Waals surface area contributed by atoms with Gasteiger partial charge in [-0.15, -0.1) is 0 Å². The van der Waals surface area contributed by atoms with Gasteiger partial charge in [0.1, 0.15) is 5.82 Å². The van der Waals surface area contributed by atoms with Gasteiger partial charge in [-0.3, -0.25) is 0 Å². The van der Waals surface area contributed by atoms with E-state index in [0.717, 1.165) is 38.4 Å². The highest BCUT2D eigenvalue weighted by molar-refractivity contribution is 5.54. The quantitative estimate of drug-likeness (QED) is 0.866. The number of nitrogens with zero attached hydrogens (tertiary/aromatic N) is 2. The average molecular weight is 279 g/mol. The van der Waals surface area contributed by atoms with Crippen molar-refractivity contribution in [1.29, 1.82) is 0 Å². The molecular weight excluding hydrogens is 254 g/mol. The third-order valence-corrected chi connectivity index (χ3v) is 3.38. The molecule has 2 N–H and O–H groups in total. The van der Waals surface area contributed by atoms with Crippen molar-refractivity contribution in [3.05, 3.63) is 12.1 Å². The average Bonchev–Trinajstić information content (AvgIpc) is 2.91. The maximum atomic E-state index is 5.91. The second-order valence-corrected chi connectivity index (χ2v) is 5.40. The third-order valence-electron chi connectivity index (χ3n) is 3.38. The first kappa shape index (κ1) is 14.9. The van der Waals surface area contributed by atoms with E-state index in [2.05, 4.69) is 16.8 Å². The van der Waals surface area contributed by atoms with Crippen LogP contribution < -0.4 is 15.4 Å². The Kier molecular flexibility index (Phi) is 5.06. The van der Waals surface area contributed by atoms with Crippen LogP contribution in [0.3, 0.4) is 0 Å². The smallest absolute Gasteiger partial charge is 0.239 e. The molecule has 112 valence electrons. The summed E-state index contributed by atoms with van der Waals surface area (Å²) >= 11 is 0. The summed E-state index contributed by atoms with van der Waals surface area (Å²) in [4.78, 5) is 6.76. The Morgan fingerprint density at radius 3 is 2.90 bits per heavy atom. The van der Waals surface area contributed by atoms with Crippen molar-refractivity contribution < 1.29 is 9.47 Å². The van der Waals surface area contributed by atoms with Gasteiger partial charge in [0.05, 0.1) is 17.9 Å². The molecule has 1 aliphatic rings. The highest BCUT2D eigenvalue weighted by Gasteiger charge is 2.20. The summed E-state index contributed by atoms with van der Waals surface area (Å²) in [7, 11) is 0. The van der Waals surface area contributed by atoms with E-state index >= 15 is 0 Å². The molecule has 1 atom stereocenters. The molecular formula is C15H25N3O2. The first-order chi connectivity index (χ1) is 9.60. The number of pyridine rings is 1. The van der Waals surface area contributed by atoms with Crippen LogP contribution in [-0.2, 0) is 4.74 Å². The topological polar surface area (TPSA) is 60.6 Å². The lowest BCUT2D eigenvalue weighted by atomic mass is 10.2. The molecule has 0 amide bonds. The van der Waals surface area contributed by atoms with E-state index in [9.17, 15) is 0 Å². The Bertz CT molecular complexity index is 431. The minimum atomic E-state index is 0.0632. The van der Waals surface area contributed by atoms with Crippen LogP contribution in [0.4, 0.5) is 11.5 Å². The van der Waals surface area contributed by atoms with Crippen LogP contribution >= 0.6 is 0 Å². The molecule has 5 heteroatoms. The van der Waals surface area contributed by atoms with Gasteiger partial charge in [0.15, 0.2) is 0 Å². The van der Waals surface area contributed by atoms with Crippen LogP contribution in [0, 0.1) is 0 Å². The highest BCUT2D eigenvalue weighted by atomic mass is 16.5. The monoisotopic (exact) mass is 279 g/mol. The molecule has 2 heterocycles. The van der Waals surface area contributed by atoms with E-state index in [1.165, 1.54) is 0 Å². The first-order valence-corrected chi connectivity index (χ1v) is 7.40. The minimum absolute atomic E-state index is 0.0632. The number of nitrogen functional groups attached to an aromatic ring is 1. The number of aromatic nitrogens is 1. The van der Waals surface area contributed by atoms with Crippen LogP contribution in [0.15, 0.2) is 12.1 Å². The standard InChI is InChI=1S/C15H25N3O2/c1-4-18(10-12-6-5-9-19-12)14-8-7-13(16)15(17-14)20-11(2)3/h7-8,11-12H,4-6,9-10,16H2,1-3H3. The Morgan fingerprint density at radius 1 is 1.50 bits per heavy atom. The molecule has 1 aromatic heterocycles. The van der Waals surface area contributed by atoms with Gasteiger partial charge in [-0.05, 0) is 45.7 Å². The summed E-state index contributed by atoms with van der Waals surface area (Å²) in [5.74, 6) is 1.41. The largest absolute Gasteiger partial charge is 0.473 e. The van der Waals surface area contributed by atoms with E-state index in [1.54, 1.807) is 0 Å². The highest BCUT2D eigenvalue weighted by Crippen LogP contribution is 2.25. The summed E-state index contributed by atoms with van der Waals surface area (Å²) in [5.41, 5.74) is 6.49. The van der Waals surface area contributed by atoms with Crippen molar-refractivity contribution in [3.8, 4) is 5.88 Å². The molecule has 0 bridgehead atoms. The summed E-state index contributed by atoms with van der Waals surface area (Å²) in [6.45, 7) is 8.69. The van der Waals surface area contributed by atoms with Gasteiger partial charge >= 0.3 is 0 Å². The predicted molar refractivity (Wildman–Crippen MR) is 81.3 cm³/mol. The summed E-state index contributed by atoms with van der Waals surface area (Å²) in [5, 5.41) is 0. The van der Waals surface area contributed by atoms with E-state index in [0.29, 0.717) is 17.7 Å². The molecule has 0 spiro atoms. The molecule has 0 aliphatic carbocycles. The van der Waals surface area contributed by atoms with Crippen LogP contribution in [0.25, 0.3) is 0 Å². The first-order valence-electron chi connectivity index (χ1n) is 7.40. The van der Waals surface area contributed by atoms with Crippen molar-refractivity contribution in [2.45, 2.75) is 45.8 Å². The number of nitrogens with two attached hydrogens (primary N) is 1. The van der Waals surface area contributed by atoms with Crippen LogP contribution in [0.1, 0.15) is 33.6 Å². The van der Waals surface area contributed by atoms with Crippen molar-refractivity contribution in [2.75, 3.05) is 30.3 Å². The minimum Gasteiger partial charge on any atom is -0.473 e. The SMILES string of the molecule is CCN(CC1CCCO1)c1ccc(N)c(OC(C)C)n1. The van der Waals surface area contributed by atoms with Crippen LogP contribution in [0.5, 0.6) is 5.88 Å². The van der Waals surface area contributed by atoms with Crippen molar-refractivity contribution in [1.82, 2.24) is 4.98 Å². The maximum Gasteiger partial charge on any atom is 0.239 e. The van der Waals surface area contributed by atoms with Gasteiger partial charge in [0.25, 0.3) is 0 Å². The predicted octanol–water partition coefficient (Wildman–Crippen LogP) is 2.46. The molecule has 2 rings (SSSR count). The molecule has 20 heavy (non-hydrogen) atoms. The lowest BCUT2D eigenvalue weighted by Crippen LogP contribution is -2.32. The fourth-order valence-electron chi connectivity index (χ4n) is 2.35. The summed E-state index contributed by atoms with van der Waals surface area (Å²) < 4.78 is 11.4. The van der Waals surface area contributed by atoms with Gasteiger partial charge in [-0.25, -0.2) is 0 Å². The molecule has 0 aromatic carbocycles. The number of ether oxygens (including phenoxy) is 2. The van der Waals surface area contributed by atoms with Crippen molar-refractivity contribution in [2.24, 2.45) is 0 Å². The third kappa shape index (κ3) is 3.76. The number of likely N-dealkylation sites (N-methyl/N-ethyl adjacent to an activating group) is 1. The molecule has 5 nitrogen and oxygen atoms in total.